The van der Waals surface area contributed by atoms with Crippen LogP contribution in [-0.4, -0.2) is 18.4 Å². The molecule has 5 nitrogen and oxygen atoms in total. The number of aryl methyl sites for hydroxylation is 1. The monoisotopic (exact) mass is 432 g/mol. The van der Waals surface area contributed by atoms with E-state index in [1.54, 1.807) is 12.1 Å². The fourth-order valence-corrected chi connectivity index (χ4v) is 2.82. The van der Waals surface area contributed by atoms with E-state index < -0.39 is 41.7 Å². The van der Waals surface area contributed by atoms with Gasteiger partial charge in [0.25, 0.3) is 5.91 Å². The maximum atomic E-state index is 12.9. The molecule has 0 aliphatic carbocycles. The second kappa shape index (κ2) is 7.88. The van der Waals surface area contributed by atoms with Crippen molar-refractivity contribution in [2.75, 3.05) is 17.2 Å². The van der Waals surface area contributed by atoms with Crippen LogP contribution < -0.4 is 15.4 Å². The Hall–Kier alpha value is -3.24. The molecular formula is C19H14F6N2O3. The average Bonchev–Trinajstić information content (AvgIpc) is 2.65. The number of halogens is 6. The molecule has 2 amide bonds. The highest BCUT2D eigenvalue weighted by atomic mass is 19.4. The van der Waals surface area contributed by atoms with E-state index in [0.29, 0.717) is 29.9 Å². The molecule has 0 bridgehead atoms. The van der Waals surface area contributed by atoms with Gasteiger partial charge in [0.05, 0.1) is 11.1 Å². The lowest BCUT2D eigenvalue weighted by Crippen LogP contribution is -2.22. The molecule has 0 atom stereocenters. The molecule has 1 aliphatic rings. The molecule has 0 saturated carbocycles. The molecule has 3 rings (SSSR count). The normalized spacial score (nSPS) is 14.0. The van der Waals surface area contributed by atoms with Crippen molar-refractivity contribution in [1.29, 1.82) is 0 Å². The van der Waals surface area contributed by atoms with E-state index in [2.05, 4.69) is 10.6 Å². The number of rotatable bonds is 4. The van der Waals surface area contributed by atoms with Gasteiger partial charge in [0.15, 0.2) is 6.61 Å². The Morgan fingerprint density at radius 3 is 2.20 bits per heavy atom. The zero-order valence-electron chi connectivity index (χ0n) is 15.1. The van der Waals surface area contributed by atoms with Crippen molar-refractivity contribution in [2.24, 2.45) is 0 Å². The fourth-order valence-electron chi connectivity index (χ4n) is 2.82. The summed E-state index contributed by atoms with van der Waals surface area (Å²) >= 11 is 0. The van der Waals surface area contributed by atoms with Gasteiger partial charge in [-0.1, -0.05) is 0 Å². The Morgan fingerprint density at radius 1 is 0.967 bits per heavy atom. The van der Waals surface area contributed by atoms with Gasteiger partial charge >= 0.3 is 12.4 Å². The first kappa shape index (κ1) is 21.5. The number of hydrogen-bond acceptors (Lipinski definition) is 3. The van der Waals surface area contributed by atoms with Crippen molar-refractivity contribution in [1.82, 2.24) is 0 Å². The van der Waals surface area contributed by atoms with Crippen molar-refractivity contribution >= 4 is 23.2 Å². The van der Waals surface area contributed by atoms with E-state index >= 15 is 0 Å². The molecule has 2 N–H and O–H groups in total. The van der Waals surface area contributed by atoms with Crippen molar-refractivity contribution in [3.63, 3.8) is 0 Å². The Morgan fingerprint density at radius 2 is 1.60 bits per heavy atom. The minimum atomic E-state index is -5.01. The number of benzene rings is 2. The van der Waals surface area contributed by atoms with E-state index in [4.69, 9.17) is 4.74 Å². The Bertz CT molecular complexity index is 953. The highest BCUT2D eigenvalue weighted by Crippen LogP contribution is 2.38. The first-order chi connectivity index (χ1) is 13.9. The van der Waals surface area contributed by atoms with Gasteiger partial charge in [-0.2, -0.15) is 26.3 Å². The standard InChI is InChI=1S/C19H14F6N2O3/c20-18(21,22)11-6-12(19(23,24)25)8-14(7-11)30-9-17(29)26-13-2-3-15-10(5-13)1-4-16(28)27-15/h2-3,5-8H,1,4,9H2,(H,26,29)(H,27,28). The van der Waals surface area contributed by atoms with Gasteiger partial charge in [-0.3, -0.25) is 9.59 Å². The van der Waals surface area contributed by atoms with E-state index in [9.17, 15) is 35.9 Å². The molecule has 0 aromatic heterocycles. The maximum absolute atomic E-state index is 12.9. The molecule has 0 unspecified atom stereocenters. The van der Waals surface area contributed by atoms with Crippen molar-refractivity contribution < 1.29 is 40.7 Å². The molecule has 1 aliphatic heterocycles. The summed E-state index contributed by atoms with van der Waals surface area (Å²) in [5.41, 5.74) is -1.35. The van der Waals surface area contributed by atoms with Crippen LogP contribution in [0.5, 0.6) is 5.75 Å². The number of hydrogen-bond donors (Lipinski definition) is 2. The lowest BCUT2D eigenvalue weighted by atomic mass is 10.0. The van der Waals surface area contributed by atoms with Gasteiger partial charge in [-0.05, 0) is 48.4 Å². The topological polar surface area (TPSA) is 67.4 Å². The zero-order valence-corrected chi connectivity index (χ0v) is 15.1. The lowest BCUT2D eigenvalue weighted by molar-refractivity contribution is -0.143. The summed E-state index contributed by atoms with van der Waals surface area (Å²) in [5, 5.41) is 5.10. The smallest absolute Gasteiger partial charge is 0.416 e. The number of fused-ring (bicyclic) bond motifs is 1. The summed E-state index contributed by atoms with van der Waals surface area (Å²) in [6.45, 7) is -0.799. The highest BCUT2D eigenvalue weighted by molar-refractivity contribution is 5.96. The number of alkyl halides is 6. The van der Waals surface area contributed by atoms with Gasteiger partial charge in [-0.15, -0.1) is 0 Å². The molecule has 0 saturated heterocycles. The first-order valence-corrected chi connectivity index (χ1v) is 8.57. The predicted octanol–water partition coefficient (Wildman–Crippen LogP) is 4.63. The van der Waals surface area contributed by atoms with Crippen LogP contribution in [0, 0.1) is 0 Å². The van der Waals surface area contributed by atoms with Gasteiger partial charge in [-0.25, -0.2) is 0 Å². The fraction of sp³-hybridized carbons (Fsp3) is 0.263. The maximum Gasteiger partial charge on any atom is 0.416 e. The number of nitrogens with one attached hydrogen (secondary N) is 2. The predicted molar refractivity (Wildman–Crippen MR) is 94.0 cm³/mol. The van der Waals surface area contributed by atoms with Gasteiger partial charge in [0.1, 0.15) is 5.75 Å². The van der Waals surface area contributed by atoms with Crippen molar-refractivity contribution in [3.8, 4) is 5.75 Å². The molecular weight excluding hydrogens is 418 g/mol. The van der Waals surface area contributed by atoms with Crippen LogP contribution in [0.25, 0.3) is 0 Å². The van der Waals surface area contributed by atoms with E-state index in [-0.39, 0.29) is 18.4 Å². The second-order valence-electron chi connectivity index (χ2n) is 6.50. The van der Waals surface area contributed by atoms with Crippen LogP contribution >= 0.6 is 0 Å². The molecule has 0 fully saturated rings. The summed E-state index contributed by atoms with van der Waals surface area (Å²) in [6, 6.07) is 5.44. The summed E-state index contributed by atoms with van der Waals surface area (Å²) in [5.74, 6) is -1.65. The quantitative estimate of drug-likeness (QED) is 0.693. The number of amides is 2. The molecule has 2 aromatic rings. The van der Waals surface area contributed by atoms with Crippen LogP contribution in [0.15, 0.2) is 36.4 Å². The minimum absolute atomic E-state index is 0.0289. The summed E-state index contributed by atoms with van der Waals surface area (Å²) in [4.78, 5) is 23.4. The number of carbonyl (C=O) groups is 2. The van der Waals surface area contributed by atoms with Crippen LogP contribution in [-0.2, 0) is 28.4 Å². The third-order valence-corrected chi connectivity index (χ3v) is 4.22. The van der Waals surface area contributed by atoms with Gasteiger partial charge in [0, 0.05) is 17.8 Å². The van der Waals surface area contributed by atoms with Crippen LogP contribution in [0.1, 0.15) is 23.1 Å². The lowest BCUT2D eigenvalue weighted by Gasteiger charge is -2.18. The van der Waals surface area contributed by atoms with Gasteiger partial charge in [0.2, 0.25) is 5.91 Å². The van der Waals surface area contributed by atoms with Crippen LogP contribution in [0.2, 0.25) is 0 Å². The van der Waals surface area contributed by atoms with E-state index in [1.165, 1.54) is 6.07 Å². The molecule has 30 heavy (non-hydrogen) atoms. The van der Waals surface area contributed by atoms with Crippen molar-refractivity contribution in [2.45, 2.75) is 25.2 Å². The van der Waals surface area contributed by atoms with Crippen LogP contribution in [0.4, 0.5) is 37.7 Å². The van der Waals surface area contributed by atoms with Gasteiger partial charge < -0.3 is 15.4 Å². The van der Waals surface area contributed by atoms with Crippen molar-refractivity contribution in [3.05, 3.63) is 53.1 Å². The summed E-state index contributed by atoms with van der Waals surface area (Å²) < 4.78 is 82.0. The summed E-state index contributed by atoms with van der Waals surface area (Å²) in [7, 11) is 0. The summed E-state index contributed by atoms with van der Waals surface area (Å²) in [6.07, 6.45) is -9.28. The number of ether oxygens (including phenoxy) is 1. The zero-order chi connectivity index (χ0) is 22.1. The highest BCUT2D eigenvalue weighted by Gasteiger charge is 2.37. The third-order valence-electron chi connectivity index (χ3n) is 4.22. The molecule has 11 heteroatoms. The van der Waals surface area contributed by atoms with Crippen LogP contribution in [0.3, 0.4) is 0 Å². The molecule has 0 radical (unpaired) electrons. The SMILES string of the molecule is O=C(COc1cc(C(F)(F)F)cc(C(F)(F)F)c1)Nc1ccc2c(c1)CCC(=O)N2. The Kier molecular flexibility index (Phi) is 5.64. The molecule has 2 aromatic carbocycles. The largest absolute Gasteiger partial charge is 0.484 e. The third kappa shape index (κ3) is 5.22. The molecule has 160 valence electrons. The number of anilines is 2. The number of carbonyl (C=O) groups excluding carboxylic acids is 2. The second-order valence-corrected chi connectivity index (χ2v) is 6.50. The van der Waals surface area contributed by atoms with E-state index in [0.717, 1.165) is 5.56 Å². The van der Waals surface area contributed by atoms with E-state index in [1.807, 2.05) is 0 Å². The minimum Gasteiger partial charge on any atom is -0.484 e. The molecule has 1 heterocycles. The Balaban J connectivity index is 1.69. The first-order valence-electron chi connectivity index (χ1n) is 8.57. The average molecular weight is 432 g/mol. The molecule has 0 spiro atoms. The Labute approximate surface area is 166 Å².